The number of fused-ring (bicyclic) bond motifs is 1. The summed E-state index contributed by atoms with van der Waals surface area (Å²) in [5.74, 6) is 1.54. The number of nitrogens with zero attached hydrogens (tertiary/aromatic N) is 1. The van der Waals surface area contributed by atoms with Crippen molar-refractivity contribution in [3.63, 3.8) is 0 Å². The van der Waals surface area contributed by atoms with E-state index < -0.39 is 5.54 Å². The van der Waals surface area contributed by atoms with Crippen molar-refractivity contribution >= 4 is 5.91 Å². The SMILES string of the molecule is CN(Cc1ccc2c(c1)OCCO2)C(=O)C1(N)CCC1. The van der Waals surface area contributed by atoms with Crippen LogP contribution in [0.4, 0.5) is 0 Å². The molecule has 2 N–H and O–H groups in total. The molecule has 108 valence electrons. The molecule has 0 atom stereocenters. The van der Waals surface area contributed by atoms with Crippen LogP contribution in [0.2, 0.25) is 0 Å². The molecule has 20 heavy (non-hydrogen) atoms. The van der Waals surface area contributed by atoms with Gasteiger partial charge in [0, 0.05) is 13.6 Å². The summed E-state index contributed by atoms with van der Waals surface area (Å²) in [6.45, 7) is 1.69. The van der Waals surface area contributed by atoms with E-state index in [0.29, 0.717) is 19.8 Å². The maximum absolute atomic E-state index is 12.3. The van der Waals surface area contributed by atoms with E-state index in [1.165, 1.54) is 0 Å². The molecule has 0 spiro atoms. The first kappa shape index (κ1) is 13.2. The van der Waals surface area contributed by atoms with Crippen LogP contribution < -0.4 is 15.2 Å². The molecule has 0 aromatic heterocycles. The van der Waals surface area contributed by atoms with Gasteiger partial charge in [0.15, 0.2) is 11.5 Å². The molecule has 1 aliphatic heterocycles. The van der Waals surface area contributed by atoms with E-state index in [-0.39, 0.29) is 5.91 Å². The van der Waals surface area contributed by atoms with Gasteiger partial charge in [-0.05, 0) is 37.0 Å². The second-order valence-electron chi connectivity index (χ2n) is 5.65. The Hall–Kier alpha value is -1.75. The van der Waals surface area contributed by atoms with E-state index in [4.69, 9.17) is 15.2 Å². The number of likely N-dealkylation sites (N-methyl/N-ethyl adjacent to an activating group) is 1. The summed E-state index contributed by atoms with van der Waals surface area (Å²) in [4.78, 5) is 14.0. The highest BCUT2D eigenvalue weighted by molar-refractivity contribution is 5.86. The van der Waals surface area contributed by atoms with Crippen LogP contribution >= 0.6 is 0 Å². The summed E-state index contributed by atoms with van der Waals surface area (Å²) in [7, 11) is 1.80. The molecular formula is C15H20N2O3. The van der Waals surface area contributed by atoms with Crippen LogP contribution in [0.1, 0.15) is 24.8 Å². The monoisotopic (exact) mass is 276 g/mol. The summed E-state index contributed by atoms with van der Waals surface area (Å²) >= 11 is 0. The fourth-order valence-corrected chi connectivity index (χ4v) is 2.68. The van der Waals surface area contributed by atoms with E-state index in [1.807, 2.05) is 18.2 Å². The lowest BCUT2D eigenvalue weighted by molar-refractivity contribution is -0.139. The van der Waals surface area contributed by atoms with Crippen LogP contribution in [0.3, 0.4) is 0 Å². The lowest BCUT2D eigenvalue weighted by Crippen LogP contribution is -2.58. The van der Waals surface area contributed by atoms with E-state index in [0.717, 1.165) is 36.3 Å². The molecule has 5 nitrogen and oxygen atoms in total. The highest BCUT2D eigenvalue weighted by Gasteiger charge is 2.41. The molecule has 1 fully saturated rings. The molecule has 1 aromatic rings. The van der Waals surface area contributed by atoms with E-state index in [2.05, 4.69) is 0 Å². The van der Waals surface area contributed by atoms with Crippen LogP contribution in [-0.4, -0.2) is 36.6 Å². The van der Waals surface area contributed by atoms with Crippen molar-refractivity contribution < 1.29 is 14.3 Å². The Kier molecular flexibility index (Phi) is 3.30. The van der Waals surface area contributed by atoms with E-state index in [1.54, 1.807) is 11.9 Å². The minimum absolute atomic E-state index is 0.0265. The van der Waals surface area contributed by atoms with Crippen molar-refractivity contribution in [3.8, 4) is 11.5 Å². The van der Waals surface area contributed by atoms with Crippen LogP contribution in [0.25, 0.3) is 0 Å². The zero-order valence-corrected chi connectivity index (χ0v) is 11.7. The maximum Gasteiger partial charge on any atom is 0.242 e. The van der Waals surface area contributed by atoms with E-state index >= 15 is 0 Å². The number of hydrogen-bond donors (Lipinski definition) is 1. The number of rotatable bonds is 3. The van der Waals surface area contributed by atoms with Gasteiger partial charge < -0.3 is 20.1 Å². The fourth-order valence-electron chi connectivity index (χ4n) is 2.68. The standard InChI is InChI=1S/C15H20N2O3/c1-17(14(18)15(16)5-2-6-15)10-11-3-4-12-13(9-11)20-8-7-19-12/h3-4,9H,2,5-8,10,16H2,1H3. The van der Waals surface area contributed by atoms with Crippen LogP contribution in [0.5, 0.6) is 11.5 Å². The third kappa shape index (κ3) is 2.33. The highest BCUT2D eigenvalue weighted by Crippen LogP contribution is 2.33. The Morgan fingerprint density at radius 1 is 1.30 bits per heavy atom. The van der Waals surface area contributed by atoms with Crippen molar-refractivity contribution in [3.05, 3.63) is 23.8 Å². The number of benzene rings is 1. The number of hydrogen-bond acceptors (Lipinski definition) is 4. The molecule has 1 aliphatic carbocycles. The first-order valence-corrected chi connectivity index (χ1v) is 7.01. The molecule has 1 aromatic carbocycles. The minimum atomic E-state index is -0.636. The Labute approximate surface area is 118 Å². The normalized spacial score (nSPS) is 19.1. The van der Waals surface area contributed by atoms with Crippen molar-refractivity contribution in [1.29, 1.82) is 0 Å². The molecular weight excluding hydrogens is 256 g/mol. The van der Waals surface area contributed by atoms with E-state index in [9.17, 15) is 4.79 Å². The third-order valence-electron chi connectivity index (χ3n) is 4.04. The summed E-state index contributed by atoms with van der Waals surface area (Å²) in [5, 5.41) is 0. The minimum Gasteiger partial charge on any atom is -0.486 e. The molecule has 1 saturated carbocycles. The van der Waals surface area contributed by atoms with Gasteiger partial charge in [-0.25, -0.2) is 0 Å². The molecule has 0 radical (unpaired) electrons. The fraction of sp³-hybridized carbons (Fsp3) is 0.533. The Morgan fingerprint density at radius 2 is 2.00 bits per heavy atom. The molecule has 0 saturated heterocycles. The zero-order chi connectivity index (χ0) is 14.2. The smallest absolute Gasteiger partial charge is 0.242 e. The summed E-state index contributed by atoms with van der Waals surface area (Å²) < 4.78 is 11.0. The molecule has 2 aliphatic rings. The first-order chi connectivity index (χ1) is 9.58. The topological polar surface area (TPSA) is 64.8 Å². The van der Waals surface area contributed by atoms with Gasteiger partial charge in [0.2, 0.25) is 5.91 Å². The number of carbonyl (C=O) groups excluding carboxylic acids is 1. The Bertz CT molecular complexity index is 526. The second-order valence-corrected chi connectivity index (χ2v) is 5.65. The average Bonchev–Trinajstić information content (AvgIpc) is 2.43. The van der Waals surface area contributed by atoms with Crippen LogP contribution in [-0.2, 0) is 11.3 Å². The van der Waals surface area contributed by atoms with Gasteiger partial charge in [-0.15, -0.1) is 0 Å². The van der Waals surface area contributed by atoms with Gasteiger partial charge >= 0.3 is 0 Å². The lowest BCUT2D eigenvalue weighted by atomic mass is 9.76. The average molecular weight is 276 g/mol. The third-order valence-corrected chi connectivity index (χ3v) is 4.04. The summed E-state index contributed by atoms with van der Waals surface area (Å²) in [6.07, 6.45) is 2.62. The van der Waals surface area contributed by atoms with Crippen molar-refractivity contribution in [2.45, 2.75) is 31.3 Å². The second kappa shape index (κ2) is 4.98. The van der Waals surface area contributed by atoms with Gasteiger partial charge in [0.1, 0.15) is 13.2 Å². The van der Waals surface area contributed by atoms with Crippen LogP contribution in [0.15, 0.2) is 18.2 Å². The molecule has 0 unspecified atom stereocenters. The Morgan fingerprint density at radius 3 is 2.65 bits per heavy atom. The van der Waals surface area contributed by atoms with Gasteiger partial charge in [-0.1, -0.05) is 6.07 Å². The molecule has 1 heterocycles. The lowest BCUT2D eigenvalue weighted by Gasteiger charge is -2.39. The molecule has 0 bridgehead atoms. The van der Waals surface area contributed by atoms with Crippen molar-refractivity contribution in [2.24, 2.45) is 5.73 Å². The van der Waals surface area contributed by atoms with Crippen molar-refractivity contribution in [2.75, 3.05) is 20.3 Å². The summed E-state index contributed by atoms with van der Waals surface area (Å²) in [6, 6.07) is 5.78. The van der Waals surface area contributed by atoms with Gasteiger partial charge in [-0.3, -0.25) is 4.79 Å². The predicted molar refractivity (Wildman–Crippen MR) is 74.7 cm³/mol. The molecule has 1 amide bonds. The zero-order valence-electron chi connectivity index (χ0n) is 11.7. The maximum atomic E-state index is 12.3. The van der Waals surface area contributed by atoms with Gasteiger partial charge in [-0.2, -0.15) is 0 Å². The Balaban J connectivity index is 1.69. The first-order valence-electron chi connectivity index (χ1n) is 7.01. The number of carbonyl (C=O) groups is 1. The largest absolute Gasteiger partial charge is 0.486 e. The quantitative estimate of drug-likeness (QED) is 0.903. The van der Waals surface area contributed by atoms with Gasteiger partial charge in [0.05, 0.1) is 5.54 Å². The van der Waals surface area contributed by atoms with Crippen molar-refractivity contribution in [1.82, 2.24) is 4.90 Å². The number of nitrogens with two attached hydrogens (primary N) is 1. The highest BCUT2D eigenvalue weighted by atomic mass is 16.6. The van der Waals surface area contributed by atoms with Crippen LogP contribution in [0, 0.1) is 0 Å². The summed E-state index contributed by atoms with van der Waals surface area (Å²) in [5.41, 5.74) is 6.46. The number of ether oxygens (including phenoxy) is 2. The van der Waals surface area contributed by atoms with Gasteiger partial charge in [0.25, 0.3) is 0 Å². The molecule has 3 rings (SSSR count). The predicted octanol–water partition coefficient (Wildman–Crippen LogP) is 1.30. The number of amides is 1. The molecule has 5 heteroatoms.